The highest BCUT2D eigenvalue weighted by Crippen LogP contribution is 2.31. The summed E-state index contributed by atoms with van der Waals surface area (Å²) in [6, 6.07) is 4.72. The van der Waals surface area contributed by atoms with E-state index in [2.05, 4.69) is 5.32 Å². The van der Waals surface area contributed by atoms with Gasteiger partial charge >= 0.3 is 0 Å². The van der Waals surface area contributed by atoms with Crippen LogP contribution < -0.4 is 15.8 Å². The van der Waals surface area contributed by atoms with Gasteiger partial charge in [0.1, 0.15) is 10.6 Å². The fourth-order valence-corrected chi connectivity index (χ4v) is 5.18. The molecule has 3 rings (SSSR count). The van der Waals surface area contributed by atoms with Gasteiger partial charge in [-0.05, 0) is 37.5 Å². The second-order valence-corrected chi connectivity index (χ2v) is 8.90. The van der Waals surface area contributed by atoms with E-state index >= 15 is 0 Å². The molecule has 3 N–H and O–H groups in total. The largest absolute Gasteiger partial charge is 0.495 e. The van der Waals surface area contributed by atoms with Crippen molar-refractivity contribution in [3.63, 3.8) is 0 Å². The molecule has 2 aliphatic rings. The van der Waals surface area contributed by atoms with Gasteiger partial charge in [0.25, 0.3) is 0 Å². The summed E-state index contributed by atoms with van der Waals surface area (Å²) in [6.07, 6.45) is 3.32. The number of morpholine rings is 1. The Bertz CT molecular complexity index is 777. The Labute approximate surface area is 160 Å². The van der Waals surface area contributed by atoms with Gasteiger partial charge in [-0.25, -0.2) is 8.42 Å². The first-order chi connectivity index (χ1) is 12.9. The third kappa shape index (κ3) is 4.60. The minimum atomic E-state index is -3.74. The van der Waals surface area contributed by atoms with E-state index in [-0.39, 0.29) is 28.5 Å². The highest BCUT2D eigenvalue weighted by atomic mass is 32.2. The maximum absolute atomic E-state index is 13.0. The van der Waals surface area contributed by atoms with E-state index in [1.807, 2.05) is 0 Å². The molecule has 1 aromatic rings. The fourth-order valence-electron chi connectivity index (χ4n) is 3.59. The molecule has 2 atom stereocenters. The maximum atomic E-state index is 13.0. The van der Waals surface area contributed by atoms with Crippen LogP contribution in [0.2, 0.25) is 0 Å². The summed E-state index contributed by atoms with van der Waals surface area (Å²) >= 11 is 0. The number of carbonyl (C=O) groups is 1. The van der Waals surface area contributed by atoms with Gasteiger partial charge < -0.3 is 20.5 Å². The summed E-state index contributed by atoms with van der Waals surface area (Å²) in [7, 11) is -2.31. The number of anilines is 1. The lowest BCUT2D eigenvalue weighted by Crippen LogP contribution is -2.40. The Morgan fingerprint density at radius 1 is 1.30 bits per heavy atom. The van der Waals surface area contributed by atoms with Crippen LogP contribution in [0, 0.1) is 5.92 Å². The Kier molecular flexibility index (Phi) is 6.36. The maximum Gasteiger partial charge on any atom is 0.246 e. The van der Waals surface area contributed by atoms with Crippen molar-refractivity contribution in [3.8, 4) is 5.75 Å². The summed E-state index contributed by atoms with van der Waals surface area (Å²) < 4.78 is 37.9. The zero-order valence-electron chi connectivity index (χ0n) is 15.5. The predicted molar refractivity (Wildman–Crippen MR) is 101 cm³/mol. The monoisotopic (exact) mass is 397 g/mol. The number of methoxy groups -OCH3 is 1. The number of nitrogens with zero attached hydrogens (tertiary/aromatic N) is 1. The Hall–Kier alpha value is -1.68. The van der Waals surface area contributed by atoms with Crippen molar-refractivity contribution >= 4 is 21.6 Å². The molecule has 150 valence electrons. The fraction of sp³-hybridized carbons (Fsp3) is 0.611. The summed E-state index contributed by atoms with van der Waals surface area (Å²) in [5, 5.41) is 2.84. The first-order valence-corrected chi connectivity index (χ1v) is 10.7. The van der Waals surface area contributed by atoms with Crippen LogP contribution in [0.25, 0.3) is 0 Å². The van der Waals surface area contributed by atoms with Crippen molar-refractivity contribution in [2.45, 2.75) is 36.6 Å². The smallest absolute Gasteiger partial charge is 0.246 e. The van der Waals surface area contributed by atoms with Gasteiger partial charge in [-0.15, -0.1) is 0 Å². The van der Waals surface area contributed by atoms with E-state index in [0.717, 1.165) is 19.3 Å². The minimum Gasteiger partial charge on any atom is -0.495 e. The van der Waals surface area contributed by atoms with Gasteiger partial charge in [-0.2, -0.15) is 4.31 Å². The molecule has 1 saturated heterocycles. The molecule has 1 amide bonds. The Morgan fingerprint density at radius 3 is 2.70 bits per heavy atom. The van der Waals surface area contributed by atoms with Crippen molar-refractivity contribution in [3.05, 3.63) is 18.2 Å². The van der Waals surface area contributed by atoms with Gasteiger partial charge in [-0.3, -0.25) is 4.79 Å². The highest BCUT2D eigenvalue weighted by Gasteiger charge is 2.30. The number of ether oxygens (including phenoxy) is 2. The minimum absolute atomic E-state index is 0.0441. The lowest BCUT2D eigenvalue weighted by molar-refractivity contribution is -0.120. The molecule has 8 nitrogen and oxygen atoms in total. The number of nitrogens with one attached hydrogen (secondary N) is 1. The van der Waals surface area contributed by atoms with Gasteiger partial charge in [0.05, 0.1) is 20.3 Å². The summed E-state index contributed by atoms with van der Waals surface area (Å²) in [5.41, 5.74) is 6.40. The van der Waals surface area contributed by atoms with Crippen LogP contribution in [0.15, 0.2) is 23.1 Å². The molecule has 1 heterocycles. The number of hydrogen-bond donors (Lipinski definition) is 2. The summed E-state index contributed by atoms with van der Waals surface area (Å²) in [6.45, 7) is 1.31. The van der Waals surface area contributed by atoms with E-state index in [1.54, 1.807) is 12.1 Å². The highest BCUT2D eigenvalue weighted by molar-refractivity contribution is 7.89. The molecule has 0 aromatic heterocycles. The molecule has 9 heteroatoms. The summed E-state index contributed by atoms with van der Waals surface area (Å²) in [4.78, 5) is 12.6. The third-order valence-corrected chi connectivity index (χ3v) is 7.02. The number of amides is 1. The van der Waals surface area contributed by atoms with Crippen molar-refractivity contribution in [1.29, 1.82) is 0 Å². The zero-order valence-corrected chi connectivity index (χ0v) is 16.3. The number of sulfonamides is 1. The molecule has 2 fully saturated rings. The third-order valence-electron chi connectivity index (χ3n) is 5.10. The Balaban J connectivity index is 1.81. The number of benzene rings is 1. The quantitative estimate of drug-likeness (QED) is 0.772. The van der Waals surface area contributed by atoms with Crippen LogP contribution in [-0.2, 0) is 19.6 Å². The average Bonchev–Trinajstić information content (AvgIpc) is 2.68. The number of carbonyl (C=O) groups excluding carboxylic acids is 1. The summed E-state index contributed by atoms with van der Waals surface area (Å²) in [5.74, 6) is -0.0145. The average molecular weight is 397 g/mol. The second-order valence-electron chi connectivity index (χ2n) is 6.99. The SMILES string of the molecule is COc1ccc(NC(=O)C2CCCC(N)C2)cc1S(=O)(=O)N1CCOCC1. The van der Waals surface area contributed by atoms with Crippen molar-refractivity contribution in [2.75, 3.05) is 38.7 Å². The van der Waals surface area contributed by atoms with Gasteiger partial charge in [0.2, 0.25) is 15.9 Å². The molecular weight excluding hydrogens is 370 g/mol. The molecule has 0 radical (unpaired) electrons. The van der Waals surface area contributed by atoms with E-state index in [0.29, 0.717) is 38.4 Å². The lowest BCUT2D eigenvalue weighted by atomic mass is 9.85. The van der Waals surface area contributed by atoms with Crippen LogP contribution in [0.5, 0.6) is 5.75 Å². The van der Waals surface area contributed by atoms with E-state index in [1.165, 1.54) is 17.5 Å². The zero-order chi connectivity index (χ0) is 19.4. The molecule has 1 saturated carbocycles. The van der Waals surface area contributed by atoms with Gasteiger partial charge in [0, 0.05) is 30.7 Å². The second kappa shape index (κ2) is 8.55. The van der Waals surface area contributed by atoms with Crippen molar-refractivity contribution in [1.82, 2.24) is 4.31 Å². The lowest BCUT2D eigenvalue weighted by Gasteiger charge is -2.27. The number of nitrogens with two attached hydrogens (primary N) is 1. The van der Waals surface area contributed by atoms with Crippen LogP contribution >= 0.6 is 0 Å². The normalized spacial score (nSPS) is 24.4. The Morgan fingerprint density at radius 2 is 2.04 bits per heavy atom. The van der Waals surface area contributed by atoms with Crippen LogP contribution in [0.3, 0.4) is 0 Å². The van der Waals surface area contributed by atoms with Gasteiger partial charge in [-0.1, -0.05) is 6.42 Å². The number of hydrogen-bond acceptors (Lipinski definition) is 6. The first kappa shape index (κ1) is 20.1. The van der Waals surface area contributed by atoms with Crippen molar-refractivity contribution < 1.29 is 22.7 Å². The van der Waals surface area contributed by atoms with Crippen molar-refractivity contribution in [2.24, 2.45) is 11.7 Å². The molecule has 27 heavy (non-hydrogen) atoms. The molecule has 0 spiro atoms. The first-order valence-electron chi connectivity index (χ1n) is 9.24. The molecule has 2 unspecified atom stereocenters. The predicted octanol–water partition coefficient (Wildman–Crippen LogP) is 1.17. The van der Waals surface area contributed by atoms with E-state index < -0.39 is 10.0 Å². The molecule has 1 aliphatic carbocycles. The molecule has 0 bridgehead atoms. The number of rotatable bonds is 5. The molecule has 1 aliphatic heterocycles. The van der Waals surface area contributed by atoms with E-state index in [4.69, 9.17) is 15.2 Å². The van der Waals surface area contributed by atoms with E-state index in [9.17, 15) is 13.2 Å². The molecular formula is C18H27N3O5S. The van der Waals surface area contributed by atoms with Crippen LogP contribution in [0.1, 0.15) is 25.7 Å². The topological polar surface area (TPSA) is 111 Å². The van der Waals surface area contributed by atoms with Gasteiger partial charge in [0.15, 0.2) is 0 Å². The molecule has 1 aromatic carbocycles. The standard InChI is InChI=1S/C18H27N3O5S/c1-25-16-6-5-15(20-18(22)13-3-2-4-14(19)11-13)12-17(16)27(23,24)21-7-9-26-10-8-21/h5-6,12-14H,2-4,7-11,19H2,1H3,(H,20,22). The van der Waals surface area contributed by atoms with Crippen LogP contribution in [0.4, 0.5) is 5.69 Å². The van der Waals surface area contributed by atoms with Crippen LogP contribution in [-0.4, -0.2) is 58.1 Å².